The Morgan fingerprint density at radius 3 is 2.68 bits per heavy atom. The van der Waals surface area contributed by atoms with E-state index in [1.807, 2.05) is 45.0 Å². The minimum absolute atomic E-state index is 0.0766. The number of carbonyl (C=O) groups excluding carboxylic acids is 1. The summed E-state index contributed by atoms with van der Waals surface area (Å²) in [6.45, 7) is 5.80. The highest BCUT2D eigenvalue weighted by Crippen LogP contribution is 2.18. The standard InChI is InChI=1S/C16H17NO2/c1-11(2)19-14-8-4-7-13(10-14)16(18)15-12(3)6-5-9-17-15/h4-11H,1-3H3. The van der Waals surface area contributed by atoms with E-state index < -0.39 is 0 Å². The highest BCUT2D eigenvalue weighted by atomic mass is 16.5. The number of hydrogen-bond acceptors (Lipinski definition) is 3. The summed E-state index contributed by atoms with van der Waals surface area (Å²) in [7, 11) is 0. The zero-order chi connectivity index (χ0) is 13.8. The summed E-state index contributed by atoms with van der Waals surface area (Å²) >= 11 is 0. The van der Waals surface area contributed by atoms with Crippen LogP contribution in [-0.4, -0.2) is 16.9 Å². The number of rotatable bonds is 4. The van der Waals surface area contributed by atoms with E-state index in [0.717, 1.165) is 5.56 Å². The Hall–Kier alpha value is -2.16. The average molecular weight is 255 g/mol. The third-order valence-electron chi connectivity index (χ3n) is 2.69. The van der Waals surface area contributed by atoms with Gasteiger partial charge in [0.05, 0.1) is 6.10 Å². The second-order valence-electron chi connectivity index (χ2n) is 4.69. The predicted molar refractivity (Wildman–Crippen MR) is 74.6 cm³/mol. The Bertz CT molecular complexity index is 591. The number of nitrogens with zero attached hydrogens (tertiary/aromatic N) is 1. The fourth-order valence-corrected chi connectivity index (χ4v) is 1.84. The Morgan fingerprint density at radius 2 is 2.00 bits per heavy atom. The zero-order valence-corrected chi connectivity index (χ0v) is 11.4. The molecular weight excluding hydrogens is 238 g/mol. The zero-order valence-electron chi connectivity index (χ0n) is 11.4. The molecule has 0 spiro atoms. The lowest BCUT2D eigenvalue weighted by Crippen LogP contribution is -2.08. The lowest BCUT2D eigenvalue weighted by Gasteiger charge is -2.10. The molecule has 2 rings (SSSR count). The smallest absolute Gasteiger partial charge is 0.211 e. The minimum Gasteiger partial charge on any atom is -0.491 e. The molecule has 0 aliphatic heterocycles. The van der Waals surface area contributed by atoms with E-state index in [0.29, 0.717) is 17.0 Å². The number of hydrogen-bond donors (Lipinski definition) is 0. The van der Waals surface area contributed by atoms with Crippen molar-refractivity contribution in [3.8, 4) is 5.75 Å². The molecule has 0 radical (unpaired) electrons. The highest BCUT2D eigenvalue weighted by Gasteiger charge is 2.13. The van der Waals surface area contributed by atoms with Crippen molar-refractivity contribution in [2.45, 2.75) is 26.9 Å². The molecule has 1 heterocycles. The van der Waals surface area contributed by atoms with E-state index in [1.54, 1.807) is 18.3 Å². The molecule has 2 aromatic rings. The van der Waals surface area contributed by atoms with Gasteiger partial charge >= 0.3 is 0 Å². The molecule has 0 saturated carbocycles. The second kappa shape index (κ2) is 5.65. The number of ketones is 1. The van der Waals surface area contributed by atoms with Crippen LogP contribution in [0.15, 0.2) is 42.6 Å². The van der Waals surface area contributed by atoms with E-state index in [1.165, 1.54) is 0 Å². The topological polar surface area (TPSA) is 39.2 Å². The molecule has 1 aromatic carbocycles. The van der Waals surface area contributed by atoms with Crippen LogP contribution in [-0.2, 0) is 0 Å². The van der Waals surface area contributed by atoms with Crippen molar-refractivity contribution < 1.29 is 9.53 Å². The third-order valence-corrected chi connectivity index (χ3v) is 2.69. The molecule has 19 heavy (non-hydrogen) atoms. The van der Waals surface area contributed by atoms with Crippen molar-refractivity contribution >= 4 is 5.78 Å². The fraction of sp³-hybridized carbons (Fsp3) is 0.250. The van der Waals surface area contributed by atoms with Gasteiger partial charge in [0.15, 0.2) is 0 Å². The first kappa shape index (κ1) is 13.3. The van der Waals surface area contributed by atoms with Crippen LogP contribution in [0.25, 0.3) is 0 Å². The van der Waals surface area contributed by atoms with Gasteiger partial charge in [0.25, 0.3) is 0 Å². The molecule has 3 heteroatoms. The Morgan fingerprint density at radius 1 is 1.21 bits per heavy atom. The molecule has 0 unspecified atom stereocenters. The van der Waals surface area contributed by atoms with Gasteiger partial charge in [-0.3, -0.25) is 9.78 Å². The summed E-state index contributed by atoms with van der Waals surface area (Å²) in [5.74, 6) is 0.627. The van der Waals surface area contributed by atoms with Crippen molar-refractivity contribution in [3.63, 3.8) is 0 Å². The molecule has 98 valence electrons. The normalized spacial score (nSPS) is 10.5. The van der Waals surface area contributed by atoms with Gasteiger partial charge in [0.1, 0.15) is 11.4 Å². The van der Waals surface area contributed by atoms with Crippen molar-refractivity contribution in [2.24, 2.45) is 0 Å². The number of benzene rings is 1. The largest absolute Gasteiger partial charge is 0.491 e. The average Bonchev–Trinajstić information content (AvgIpc) is 2.38. The van der Waals surface area contributed by atoms with Crippen molar-refractivity contribution in [2.75, 3.05) is 0 Å². The highest BCUT2D eigenvalue weighted by molar-refractivity contribution is 6.08. The van der Waals surface area contributed by atoms with Crippen LogP contribution in [0, 0.1) is 6.92 Å². The molecule has 0 aliphatic carbocycles. The quantitative estimate of drug-likeness (QED) is 0.786. The lowest BCUT2D eigenvalue weighted by atomic mass is 10.0. The first-order chi connectivity index (χ1) is 9.08. The van der Waals surface area contributed by atoms with Crippen LogP contribution in [0.3, 0.4) is 0 Å². The number of aryl methyl sites for hydroxylation is 1. The third kappa shape index (κ3) is 3.19. The summed E-state index contributed by atoms with van der Waals surface area (Å²) in [6.07, 6.45) is 1.72. The summed E-state index contributed by atoms with van der Waals surface area (Å²) in [5.41, 5.74) is 1.96. The van der Waals surface area contributed by atoms with Gasteiger partial charge in [0, 0.05) is 11.8 Å². The summed E-state index contributed by atoms with van der Waals surface area (Å²) < 4.78 is 5.60. The maximum Gasteiger partial charge on any atom is 0.211 e. The summed E-state index contributed by atoms with van der Waals surface area (Å²) in [5, 5.41) is 0. The van der Waals surface area contributed by atoms with E-state index in [-0.39, 0.29) is 11.9 Å². The molecule has 0 bridgehead atoms. The molecule has 0 saturated heterocycles. The first-order valence-corrected chi connectivity index (χ1v) is 6.31. The minimum atomic E-state index is -0.0766. The number of carbonyl (C=O) groups is 1. The Balaban J connectivity index is 2.32. The predicted octanol–water partition coefficient (Wildman–Crippen LogP) is 3.41. The summed E-state index contributed by atoms with van der Waals surface area (Å²) in [6, 6.07) is 10.9. The molecule has 0 aliphatic rings. The maximum atomic E-state index is 12.4. The second-order valence-corrected chi connectivity index (χ2v) is 4.69. The molecular formula is C16H17NO2. The van der Waals surface area contributed by atoms with E-state index in [4.69, 9.17) is 4.74 Å². The monoisotopic (exact) mass is 255 g/mol. The maximum absolute atomic E-state index is 12.4. The fourth-order valence-electron chi connectivity index (χ4n) is 1.84. The number of aromatic nitrogens is 1. The Labute approximate surface area is 113 Å². The molecule has 1 aromatic heterocycles. The number of pyridine rings is 1. The van der Waals surface area contributed by atoms with Gasteiger partial charge in [-0.05, 0) is 44.5 Å². The summed E-state index contributed by atoms with van der Waals surface area (Å²) in [4.78, 5) is 16.5. The molecule has 0 atom stereocenters. The van der Waals surface area contributed by atoms with Crippen molar-refractivity contribution in [1.29, 1.82) is 0 Å². The van der Waals surface area contributed by atoms with Crippen molar-refractivity contribution in [3.05, 3.63) is 59.4 Å². The van der Waals surface area contributed by atoms with E-state index in [9.17, 15) is 4.79 Å². The van der Waals surface area contributed by atoms with Gasteiger partial charge in [-0.25, -0.2) is 0 Å². The van der Waals surface area contributed by atoms with Gasteiger partial charge in [0.2, 0.25) is 5.78 Å². The van der Waals surface area contributed by atoms with Crippen LogP contribution < -0.4 is 4.74 Å². The number of ether oxygens (including phenoxy) is 1. The van der Waals surface area contributed by atoms with Crippen LogP contribution in [0.4, 0.5) is 0 Å². The van der Waals surface area contributed by atoms with Crippen molar-refractivity contribution in [1.82, 2.24) is 4.98 Å². The van der Waals surface area contributed by atoms with Gasteiger partial charge < -0.3 is 4.74 Å². The van der Waals surface area contributed by atoms with E-state index in [2.05, 4.69) is 4.98 Å². The molecule has 0 N–H and O–H groups in total. The van der Waals surface area contributed by atoms with Crippen LogP contribution >= 0.6 is 0 Å². The lowest BCUT2D eigenvalue weighted by molar-refractivity contribution is 0.103. The van der Waals surface area contributed by atoms with Gasteiger partial charge in [-0.2, -0.15) is 0 Å². The van der Waals surface area contributed by atoms with Gasteiger partial charge in [-0.15, -0.1) is 0 Å². The van der Waals surface area contributed by atoms with E-state index >= 15 is 0 Å². The van der Waals surface area contributed by atoms with Crippen LogP contribution in [0.2, 0.25) is 0 Å². The molecule has 0 fully saturated rings. The van der Waals surface area contributed by atoms with Crippen LogP contribution in [0.5, 0.6) is 5.75 Å². The molecule has 0 amide bonds. The first-order valence-electron chi connectivity index (χ1n) is 6.31. The van der Waals surface area contributed by atoms with Crippen LogP contribution in [0.1, 0.15) is 35.5 Å². The SMILES string of the molecule is Cc1cccnc1C(=O)c1cccc(OC(C)C)c1. The Kier molecular flexibility index (Phi) is 3.95. The van der Waals surface area contributed by atoms with Gasteiger partial charge in [-0.1, -0.05) is 18.2 Å². The molecule has 3 nitrogen and oxygen atoms in total.